The normalized spacial score (nSPS) is 13.8. The zero-order valence-corrected chi connectivity index (χ0v) is 17.1. The topological polar surface area (TPSA) is 94.4 Å². The third-order valence-corrected chi connectivity index (χ3v) is 6.25. The number of carbonyl (C=O) groups excluding carboxylic acids is 2. The Hall–Kier alpha value is -2.97. The number of carbonyl (C=O) groups is 2. The van der Waals surface area contributed by atoms with Gasteiger partial charge in [0.15, 0.2) is 6.54 Å². The molecule has 7 nitrogen and oxygen atoms in total. The summed E-state index contributed by atoms with van der Waals surface area (Å²) in [6.45, 7) is 0.959. The van der Waals surface area contributed by atoms with Gasteiger partial charge in [0.1, 0.15) is 11.5 Å². The van der Waals surface area contributed by atoms with E-state index in [1.807, 2.05) is 54.5 Å². The number of aromatic nitrogens is 2. The SMILES string of the molecule is C[NH+](CC(=O)Nc1sc2c(c1C(N)=O)CCC2)Cc1cnn(-c2ccccc2)c1. The second-order valence-corrected chi connectivity index (χ2v) is 8.52. The summed E-state index contributed by atoms with van der Waals surface area (Å²) >= 11 is 1.48. The molecule has 1 unspecified atom stereocenters. The number of amides is 2. The lowest BCUT2D eigenvalue weighted by Gasteiger charge is -2.13. The van der Waals surface area contributed by atoms with E-state index in [0.29, 0.717) is 17.1 Å². The van der Waals surface area contributed by atoms with Crippen LogP contribution in [0, 0.1) is 0 Å². The van der Waals surface area contributed by atoms with E-state index in [-0.39, 0.29) is 12.5 Å². The van der Waals surface area contributed by atoms with Crippen LogP contribution < -0.4 is 16.0 Å². The van der Waals surface area contributed by atoms with Gasteiger partial charge in [-0.3, -0.25) is 9.59 Å². The smallest absolute Gasteiger partial charge is 0.280 e. The van der Waals surface area contributed by atoms with Gasteiger partial charge in [0.05, 0.1) is 24.5 Å². The summed E-state index contributed by atoms with van der Waals surface area (Å²) in [5, 5.41) is 7.90. The highest BCUT2D eigenvalue weighted by atomic mass is 32.1. The summed E-state index contributed by atoms with van der Waals surface area (Å²) in [7, 11) is 1.96. The van der Waals surface area contributed by atoms with E-state index in [1.54, 1.807) is 0 Å². The lowest BCUT2D eigenvalue weighted by atomic mass is 10.1. The van der Waals surface area contributed by atoms with Crippen molar-refractivity contribution < 1.29 is 14.5 Å². The van der Waals surface area contributed by atoms with Crippen molar-refractivity contribution in [3.63, 3.8) is 0 Å². The van der Waals surface area contributed by atoms with Gasteiger partial charge < -0.3 is 16.0 Å². The molecule has 2 aromatic heterocycles. The Bertz CT molecular complexity index is 1040. The van der Waals surface area contributed by atoms with Crippen LogP contribution in [0.25, 0.3) is 5.69 Å². The number of likely N-dealkylation sites (N-methyl/N-ethyl adjacent to an activating group) is 1. The van der Waals surface area contributed by atoms with Crippen molar-refractivity contribution in [3.8, 4) is 5.69 Å². The lowest BCUT2D eigenvalue weighted by molar-refractivity contribution is -0.885. The van der Waals surface area contributed by atoms with Crippen molar-refractivity contribution in [3.05, 3.63) is 64.3 Å². The molecule has 0 bridgehead atoms. The lowest BCUT2D eigenvalue weighted by Crippen LogP contribution is -3.08. The van der Waals surface area contributed by atoms with Crippen molar-refractivity contribution in [2.24, 2.45) is 5.73 Å². The van der Waals surface area contributed by atoms with Gasteiger partial charge in [0.25, 0.3) is 11.8 Å². The number of primary amides is 1. The van der Waals surface area contributed by atoms with Gasteiger partial charge in [-0.15, -0.1) is 11.3 Å². The molecule has 1 aromatic carbocycles. The number of anilines is 1. The number of hydrogen-bond acceptors (Lipinski definition) is 4. The van der Waals surface area contributed by atoms with Crippen molar-refractivity contribution >= 4 is 28.2 Å². The summed E-state index contributed by atoms with van der Waals surface area (Å²) in [5.74, 6) is -0.589. The zero-order chi connectivity index (χ0) is 20.4. The number of nitrogens with two attached hydrogens (primary N) is 1. The molecule has 1 aliphatic rings. The zero-order valence-electron chi connectivity index (χ0n) is 16.3. The first-order valence-electron chi connectivity index (χ1n) is 9.65. The van der Waals surface area contributed by atoms with E-state index in [0.717, 1.165) is 41.0 Å². The van der Waals surface area contributed by atoms with Gasteiger partial charge in [-0.2, -0.15) is 5.10 Å². The second kappa shape index (κ2) is 8.18. The van der Waals surface area contributed by atoms with E-state index < -0.39 is 5.91 Å². The molecule has 0 saturated heterocycles. The van der Waals surface area contributed by atoms with E-state index in [9.17, 15) is 9.59 Å². The van der Waals surface area contributed by atoms with E-state index in [2.05, 4.69) is 10.4 Å². The number of aryl methyl sites for hydroxylation is 1. The van der Waals surface area contributed by atoms with Gasteiger partial charge in [-0.25, -0.2) is 4.68 Å². The number of para-hydroxylation sites is 1. The van der Waals surface area contributed by atoms with Crippen molar-refractivity contribution in [2.45, 2.75) is 25.8 Å². The quantitative estimate of drug-likeness (QED) is 0.546. The fourth-order valence-electron chi connectivity index (χ4n) is 3.78. The molecular formula is C21H24N5O2S+. The number of nitrogens with zero attached hydrogens (tertiary/aromatic N) is 2. The minimum atomic E-state index is -0.464. The molecule has 1 aliphatic carbocycles. The molecule has 0 fully saturated rings. The number of quaternary nitrogens is 1. The standard InChI is InChI=1S/C21H23N5O2S/c1-25(11-14-10-23-26(12-14)15-6-3-2-4-7-15)13-18(27)24-21-19(20(22)28)16-8-5-9-17(16)29-21/h2-4,6-7,10,12H,5,8-9,11,13H2,1H3,(H2,22,28)(H,24,27)/p+1. The summed E-state index contributed by atoms with van der Waals surface area (Å²) < 4.78 is 1.83. The second-order valence-electron chi connectivity index (χ2n) is 7.41. The van der Waals surface area contributed by atoms with Crippen molar-refractivity contribution in [1.82, 2.24) is 9.78 Å². The van der Waals surface area contributed by atoms with Crippen LogP contribution in [0.1, 0.15) is 32.8 Å². The van der Waals surface area contributed by atoms with Gasteiger partial charge in [-0.05, 0) is 37.0 Å². The maximum atomic E-state index is 12.5. The average Bonchev–Trinajstić information content (AvgIpc) is 3.38. The summed E-state index contributed by atoms with van der Waals surface area (Å²) in [4.78, 5) is 26.6. The predicted octanol–water partition coefficient (Wildman–Crippen LogP) is 1.17. The molecule has 150 valence electrons. The molecule has 4 N–H and O–H groups in total. The highest BCUT2D eigenvalue weighted by molar-refractivity contribution is 7.17. The summed E-state index contributed by atoms with van der Waals surface area (Å²) in [6, 6.07) is 9.90. The molecule has 0 aliphatic heterocycles. The fraction of sp³-hybridized carbons (Fsp3) is 0.286. The molecule has 1 atom stereocenters. The number of nitrogens with one attached hydrogen (secondary N) is 2. The average molecular weight is 411 g/mol. The molecule has 0 spiro atoms. The maximum Gasteiger partial charge on any atom is 0.280 e. The largest absolute Gasteiger partial charge is 0.365 e. The molecule has 8 heteroatoms. The van der Waals surface area contributed by atoms with E-state index in [4.69, 9.17) is 5.73 Å². The number of rotatable bonds is 7. The molecule has 4 rings (SSSR count). The monoisotopic (exact) mass is 410 g/mol. The van der Waals surface area contributed by atoms with Gasteiger partial charge in [0.2, 0.25) is 0 Å². The van der Waals surface area contributed by atoms with Crippen molar-refractivity contribution in [1.29, 1.82) is 0 Å². The first kappa shape index (κ1) is 19.4. The van der Waals surface area contributed by atoms with Crippen LogP contribution in [-0.2, 0) is 24.2 Å². The Labute approximate surface area is 173 Å². The Balaban J connectivity index is 1.37. The van der Waals surface area contributed by atoms with Crippen LogP contribution in [-0.4, -0.2) is 35.2 Å². The number of thiophene rings is 1. The van der Waals surface area contributed by atoms with Gasteiger partial charge >= 0.3 is 0 Å². The predicted molar refractivity (Wildman–Crippen MR) is 113 cm³/mol. The minimum Gasteiger partial charge on any atom is -0.365 e. The summed E-state index contributed by atoms with van der Waals surface area (Å²) in [6.07, 6.45) is 6.65. The highest BCUT2D eigenvalue weighted by Crippen LogP contribution is 2.38. The minimum absolute atomic E-state index is 0.125. The van der Waals surface area contributed by atoms with Crippen LogP contribution >= 0.6 is 11.3 Å². The Morgan fingerprint density at radius 1 is 1.28 bits per heavy atom. The number of fused-ring (bicyclic) bond motifs is 1. The van der Waals surface area contributed by atoms with E-state index >= 15 is 0 Å². The Morgan fingerprint density at radius 2 is 2.07 bits per heavy atom. The fourth-order valence-corrected chi connectivity index (χ4v) is 5.09. The Kier molecular flexibility index (Phi) is 5.46. The molecule has 0 radical (unpaired) electrons. The third-order valence-electron chi connectivity index (χ3n) is 5.05. The van der Waals surface area contributed by atoms with Crippen LogP contribution in [0.2, 0.25) is 0 Å². The molecule has 3 aromatic rings. The van der Waals surface area contributed by atoms with E-state index in [1.165, 1.54) is 16.2 Å². The van der Waals surface area contributed by atoms with Crippen LogP contribution in [0.15, 0.2) is 42.7 Å². The molecule has 0 saturated carbocycles. The van der Waals surface area contributed by atoms with Crippen LogP contribution in [0.3, 0.4) is 0 Å². The Morgan fingerprint density at radius 3 is 2.83 bits per heavy atom. The molecule has 2 heterocycles. The van der Waals surface area contributed by atoms with Gasteiger partial charge in [-0.1, -0.05) is 18.2 Å². The first-order valence-corrected chi connectivity index (χ1v) is 10.5. The van der Waals surface area contributed by atoms with Crippen LogP contribution in [0.5, 0.6) is 0 Å². The molecule has 29 heavy (non-hydrogen) atoms. The molecule has 2 amide bonds. The molecular weight excluding hydrogens is 386 g/mol. The summed E-state index contributed by atoms with van der Waals surface area (Å²) in [5.41, 5.74) is 9.13. The van der Waals surface area contributed by atoms with Crippen LogP contribution in [0.4, 0.5) is 5.00 Å². The van der Waals surface area contributed by atoms with Crippen molar-refractivity contribution in [2.75, 3.05) is 18.9 Å². The highest BCUT2D eigenvalue weighted by Gasteiger charge is 2.26. The van der Waals surface area contributed by atoms with Gasteiger partial charge in [0, 0.05) is 16.6 Å². The maximum absolute atomic E-state index is 12.5. The number of hydrogen-bond donors (Lipinski definition) is 3. The number of benzene rings is 1. The third kappa shape index (κ3) is 4.23. The first-order chi connectivity index (χ1) is 14.0.